The molecule has 0 spiro atoms. The van der Waals surface area contributed by atoms with Gasteiger partial charge in [0.1, 0.15) is 5.76 Å². The lowest BCUT2D eigenvalue weighted by Crippen LogP contribution is -2.20. The van der Waals surface area contributed by atoms with Gasteiger partial charge in [0.05, 0.1) is 6.20 Å². The fourth-order valence-corrected chi connectivity index (χ4v) is 1.85. The number of nitrogens with one attached hydrogen (secondary N) is 1. The summed E-state index contributed by atoms with van der Waals surface area (Å²) in [5.41, 5.74) is 0. The van der Waals surface area contributed by atoms with Crippen LogP contribution in [-0.4, -0.2) is 27.9 Å². The van der Waals surface area contributed by atoms with Gasteiger partial charge in [-0.3, -0.25) is 4.79 Å². The average molecular weight is 284 g/mol. The second-order valence-electron chi connectivity index (χ2n) is 4.40. The van der Waals surface area contributed by atoms with Crippen molar-refractivity contribution in [2.75, 3.05) is 11.9 Å². The van der Waals surface area contributed by atoms with Crippen LogP contribution in [0.15, 0.2) is 41.1 Å². The molecule has 2 heterocycles. The van der Waals surface area contributed by atoms with Crippen LogP contribution in [0.2, 0.25) is 0 Å². The van der Waals surface area contributed by atoms with E-state index in [0.29, 0.717) is 17.5 Å². The molecule has 2 aromatic heterocycles. The summed E-state index contributed by atoms with van der Waals surface area (Å²) in [6, 6.07) is 9.14. The molecule has 3 rings (SSSR count). The van der Waals surface area contributed by atoms with E-state index in [1.54, 1.807) is 19.2 Å². The van der Waals surface area contributed by atoms with Gasteiger partial charge in [0.2, 0.25) is 5.88 Å². The molecule has 0 aliphatic heterocycles. The number of hydrogen-bond donors (Lipinski definition) is 1. The third-order valence-electron chi connectivity index (χ3n) is 2.77. The van der Waals surface area contributed by atoms with Crippen molar-refractivity contribution in [2.45, 2.75) is 6.92 Å². The zero-order valence-corrected chi connectivity index (χ0v) is 11.2. The second kappa shape index (κ2) is 5.58. The minimum absolute atomic E-state index is 0.186. The normalized spacial score (nSPS) is 10.5. The number of carbonyl (C=O) groups is 1. The average Bonchev–Trinajstić information content (AvgIpc) is 2.90. The lowest BCUT2D eigenvalue weighted by molar-refractivity contribution is -0.118. The summed E-state index contributed by atoms with van der Waals surface area (Å²) in [6.45, 7) is 1.56. The van der Waals surface area contributed by atoms with E-state index in [1.165, 1.54) is 0 Å². The predicted octanol–water partition coefficient (Wildman–Crippen LogP) is 1.94. The SMILES string of the molecule is Cc1cc(NC(=O)COc2nncc3ccccc23)no1. The molecule has 0 bridgehead atoms. The fraction of sp³-hybridized carbons (Fsp3) is 0.143. The minimum atomic E-state index is -0.349. The van der Waals surface area contributed by atoms with Crippen molar-refractivity contribution in [3.8, 4) is 5.88 Å². The van der Waals surface area contributed by atoms with Crippen LogP contribution < -0.4 is 10.1 Å². The summed E-state index contributed by atoms with van der Waals surface area (Å²) >= 11 is 0. The Morgan fingerprint density at radius 3 is 3.05 bits per heavy atom. The Bertz CT molecular complexity index is 779. The van der Waals surface area contributed by atoms with Gasteiger partial charge in [-0.25, -0.2) is 0 Å². The number of ether oxygens (including phenoxy) is 1. The number of anilines is 1. The molecule has 0 saturated carbocycles. The molecule has 0 saturated heterocycles. The summed E-state index contributed by atoms with van der Waals surface area (Å²) in [5, 5.41) is 15.7. The molecular weight excluding hydrogens is 272 g/mol. The highest BCUT2D eigenvalue weighted by molar-refractivity contribution is 5.91. The van der Waals surface area contributed by atoms with Crippen molar-refractivity contribution in [3.05, 3.63) is 42.3 Å². The first-order valence-corrected chi connectivity index (χ1v) is 6.29. The largest absolute Gasteiger partial charge is 0.466 e. The summed E-state index contributed by atoms with van der Waals surface area (Å²) in [4.78, 5) is 11.8. The third kappa shape index (κ3) is 2.97. The number of amides is 1. The van der Waals surface area contributed by atoms with Crippen molar-refractivity contribution in [1.29, 1.82) is 0 Å². The molecule has 21 heavy (non-hydrogen) atoms. The van der Waals surface area contributed by atoms with Gasteiger partial charge in [0.15, 0.2) is 12.4 Å². The number of rotatable bonds is 4. The Morgan fingerprint density at radius 1 is 1.38 bits per heavy atom. The first kappa shape index (κ1) is 13.0. The van der Waals surface area contributed by atoms with Gasteiger partial charge in [0, 0.05) is 16.8 Å². The maximum Gasteiger partial charge on any atom is 0.263 e. The Balaban J connectivity index is 1.67. The second-order valence-corrected chi connectivity index (χ2v) is 4.40. The van der Waals surface area contributed by atoms with E-state index in [0.717, 1.165) is 10.8 Å². The number of hydrogen-bond acceptors (Lipinski definition) is 6. The van der Waals surface area contributed by atoms with E-state index in [1.807, 2.05) is 24.3 Å². The Morgan fingerprint density at radius 2 is 2.24 bits per heavy atom. The van der Waals surface area contributed by atoms with Crippen LogP contribution >= 0.6 is 0 Å². The van der Waals surface area contributed by atoms with Crippen LogP contribution in [0.3, 0.4) is 0 Å². The van der Waals surface area contributed by atoms with Crippen molar-refractivity contribution < 1.29 is 14.1 Å². The van der Waals surface area contributed by atoms with Crippen molar-refractivity contribution in [2.24, 2.45) is 0 Å². The molecule has 7 heteroatoms. The Hall–Kier alpha value is -2.96. The summed E-state index contributed by atoms with van der Waals surface area (Å²) in [6.07, 6.45) is 1.64. The maximum atomic E-state index is 11.8. The number of aromatic nitrogens is 3. The first-order valence-electron chi connectivity index (χ1n) is 6.29. The number of fused-ring (bicyclic) bond motifs is 1. The highest BCUT2D eigenvalue weighted by Crippen LogP contribution is 2.21. The quantitative estimate of drug-likeness (QED) is 0.787. The Kier molecular flexibility index (Phi) is 3.46. The lowest BCUT2D eigenvalue weighted by atomic mass is 10.2. The molecule has 7 nitrogen and oxygen atoms in total. The van der Waals surface area contributed by atoms with E-state index >= 15 is 0 Å². The van der Waals surface area contributed by atoms with E-state index in [2.05, 4.69) is 20.7 Å². The fourth-order valence-electron chi connectivity index (χ4n) is 1.85. The predicted molar refractivity (Wildman–Crippen MR) is 74.9 cm³/mol. The minimum Gasteiger partial charge on any atom is -0.466 e. The molecule has 1 N–H and O–H groups in total. The van der Waals surface area contributed by atoms with Crippen LogP contribution in [0, 0.1) is 6.92 Å². The zero-order valence-electron chi connectivity index (χ0n) is 11.2. The Labute approximate surface area is 119 Å². The van der Waals surface area contributed by atoms with Crippen LogP contribution in [0.4, 0.5) is 5.82 Å². The highest BCUT2D eigenvalue weighted by atomic mass is 16.5. The van der Waals surface area contributed by atoms with E-state index in [4.69, 9.17) is 9.26 Å². The molecule has 0 radical (unpaired) electrons. The molecule has 0 atom stereocenters. The van der Waals surface area contributed by atoms with Gasteiger partial charge in [-0.1, -0.05) is 23.4 Å². The first-order chi connectivity index (χ1) is 10.2. The molecular formula is C14H12N4O3. The number of nitrogens with zero attached hydrogens (tertiary/aromatic N) is 3. The van der Waals surface area contributed by atoms with Crippen LogP contribution in [0.25, 0.3) is 10.8 Å². The summed E-state index contributed by atoms with van der Waals surface area (Å²) in [5.74, 6) is 0.939. The molecule has 0 aliphatic rings. The van der Waals surface area contributed by atoms with E-state index in [-0.39, 0.29) is 12.5 Å². The van der Waals surface area contributed by atoms with Crippen LogP contribution in [0.1, 0.15) is 5.76 Å². The summed E-state index contributed by atoms with van der Waals surface area (Å²) < 4.78 is 10.3. The third-order valence-corrected chi connectivity index (χ3v) is 2.77. The van der Waals surface area contributed by atoms with Gasteiger partial charge < -0.3 is 14.6 Å². The topological polar surface area (TPSA) is 90.1 Å². The highest BCUT2D eigenvalue weighted by Gasteiger charge is 2.09. The smallest absolute Gasteiger partial charge is 0.263 e. The van der Waals surface area contributed by atoms with Gasteiger partial charge in [-0.2, -0.15) is 5.10 Å². The number of benzene rings is 1. The van der Waals surface area contributed by atoms with Gasteiger partial charge >= 0.3 is 0 Å². The molecule has 106 valence electrons. The maximum absolute atomic E-state index is 11.8. The monoisotopic (exact) mass is 284 g/mol. The van der Waals surface area contributed by atoms with Crippen molar-refractivity contribution in [3.63, 3.8) is 0 Å². The zero-order chi connectivity index (χ0) is 14.7. The van der Waals surface area contributed by atoms with Gasteiger partial charge in [-0.05, 0) is 13.0 Å². The van der Waals surface area contributed by atoms with Gasteiger partial charge in [-0.15, -0.1) is 5.10 Å². The molecule has 1 amide bonds. The molecule has 0 unspecified atom stereocenters. The van der Waals surface area contributed by atoms with Crippen LogP contribution in [-0.2, 0) is 4.79 Å². The van der Waals surface area contributed by atoms with Crippen molar-refractivity contribution >= 4 is 22.5 Å². The number of aryl methyl sites for hydroxylation is 1. The van der Waals surface area contributed by atoms with Crippen molar-refractivity contribution in [1.82, 2.24) is 15.4 Å². The van der Waals surface area contributed by atoms with Crippen LogP contribution in [0.5, 0.6) is 5.88 Å². The van der Waals surface area contributed by atoms with E-state index in [9.17, 15) is 4.79 Å². The van der Waals surface area contributed by atoms with Gasteiger partial charge in [0.25, 0.3) is 5.91 Å². The molecule has 0 fully saturated rings. The van der Waals surface area contributed by atoms with E-state index < -0.39 is 0 Å². The lowest BCUT2D eigenvalue weighted by Gasteiger charge is -2.06. The molecule has 0 aliphatic carbocycles. The summed E-state index contributed by atoms with van der Waals surface area (Å²) in [7, 11) is 0. The number of carbonyl (C=O) groups excluding carboxylic acids is 1. The standard InChI is InChI=1S/C14H12N4O3/c1-9-6-12(18-21-9)16-13(19)8-20-14-11-5-3-2-4-10(11)7-15-17-14/h2-7H,8H2,1H3,(H,16,18,19). The molecule has 3 aromatic rings. The molecule has 1 aromatic carbocycles.